The van der Waals surface area contributed by atoms with Crippen molar-refractivity contribution in [3.05, 3.63) is 59.5 Å². The Morgan fingerprint density at radius 2 is 1.89 bits per heavy atom. The quantitative estimate of drug-likeness (QED) is 0.101. The number of allylic oxidation sites excluding steroid dienone is 3. The molecule has 47 heavy (non-hydrogen) atoms. The first-order chi connectivity index (χ1) is 22.5. The van der Waals surface area contributed by atoms with E-state index in [9.17, 15) is 19.5 Å². The molecule has 0 amide bonds. The minimum Gasteiger partial charge on any atom is -0.478 e. The van der Waals surface area contributed by atoms with Gasteiger partial charge >= 0.3 is 18.1 Å². The van der Waals surface area contributed by atoms with E-state index in [0.29, 0.717) is 37.1 Å². The van der Waals surface area contributed by atoms with Crippen molar-refractivity contribution in [1.29, 1.82) is 0 Å². The van der Waals surface area contributed by atoms with Gasteiger partial charge < -0.3 is 27.1 Å². The Morgan fingerprint density at radius 1 is 1.15 bits per heavy atom. The third-order valence-electron chi connectivity index (χ3n) is 10.0. The molecular formula is C34H44IN3O9. The molecule has 2 aliphatic heterocycles. The van der Waals surface area contributed by atoms with E-state index in [1.165, 1.54) is 0 Å². The minimum absolute atomic E-state index is 0.0578. The van der Waals surface area contributed by atoms with Crippen LogP contribution in [0.4, 0.5) is 4.79 Å². The highest BCUT2D eigenvalue weighted by molar-refractivity contribution is 14.1. The summed E-state index contributed by atoms with van der Waals surface area (Å²) in [5.74, 6) is -1.45. The number of carbonyl (C=O) groups is 3. The fraction of sp³-hybridized carbons (Fsp3) is 0.618. The number of hydrogen-bond donors (Lipinski definition) is 1. The first kappa shape index (κ1) is 35.3. The maximum absolute atomic E-state index is 12.5. The summed E-state index contributed by atoms with van der Waals surface area (Å²) in [6.45, 7) is 12.4. The standard InChI is InChI=1S/C34H44IN3O9/c1-20-7-5-8-24(10-12-25(15-28(20)47-35)21(2)31(39)40)18-43-33(42)44-19-26-17-38(37-36-26)16-23-9-6-14-34(4)30(46-34)29-27(13-11-23)22(3)32(41)45-29/h8-9,17,20,25,27-30H,2-3,5-7,10-16,18-19H2,1,4H3,(H,39,40)/b23-9+,24-8+/t20-,25+,27-,28-,29-,30-,34+/m0/s1. The number of esters is 1. The summed E-state index contributed by atoms with van der Waals surface area (Å²) >= 11 is 1.89. The van der Waals surface area contributed by atoms with Crippen LogP contribution in [0.5, 0.6) is 0 Å². The van der Waals surface area contributed by atoms with Crippen molar-refractivity contribution in [1.82, 2.24) is 15.0 Å². The number of epoxide rings is 1. The molecule has 0 aromatic carbocycles. The highest BCUT2D eigenvalue weighted by Gasteiger charge is 2.61. The molecule has 0 spiro atoms. The third-order valence-corrected chi connectivity index (χ3v) is 10.7. The number of carboxylic acids is 1. The van der Waals surface area contributed by atoms with Crippen LogP contribution < -0.4 is 0 Å². The van der Waals surface area contributed by atoms with Gasteiger partial charge in [-0.1, -0.05) is 43.0 Å². The van der Waals surface area contributed by atoms with E-state index >= 15 is 0 Å². The molecule has 5 rings (SSSR count). The van der Waals surface area contributed by atoms with Gasteiger partial charge in [0.25, 0.3) is 0 Å². The number of hydrogen-bond acceptors (Lipinski definition) is 10. The first-order valence-corrected chi connectivity index (χ1v) is 17.2. The smallest absolute Gasteiger partial charge is 0.478 e. The number of rotatable bonds is 9. The summed E-state index contributed by atoms with van der Waals surface area (Å²) in [4.78, 5) is 36.4. The Kier molecular flexibility index (Phi) is 11.6. The second-order valence-electron chi connectivity index (χ2n) is 13.4. The van der Waals surface area contributed by atoms with Gasteiger partial charge in [0.2, 0.25) is 0 Å². The zero-order valence-corrected chi connectivity index (χ0v) is 29.2. The fourth-order valence-electron chi connectivity index (χ4n) is 6.85. The second-order valence-corrected chi connectivity index (χ2v) is 13.9. The van der Waals surface area contributed by atoms with Crippen molar-refractivity contribution in [3.63, 3.8) is 0 Å². The van der Waals surface area contributed by atoms with Crippen LogP contribution in [0.3, 0.4) is 0 Å². The molecule has 256 valence electrons. The van der Waals surface area contributed by atoms with Crippen LogP contribution in [-0.2, 0) is 44.8 Å². The topological polar surface area (TPSA) is 152 Å². The highest BCUT2D eigenvalue weighted by Crippen LogP contribution is 2.49. The van der Waals surface area contributed by atoms with Crippen molar-refractivity contribution in [3.8, 4) is 0 Å². The van der Waals surface area contributed by atoms with Crippen LogP contribution in [0.15, 0.2) is 53.8 Å². The normalized spacial score (nSPS) is 33.5. The largest absolute Gasteiger partial charge is 0.508 e. The van der Waals surface area contributed by atoms with E-state index < -0.39 is 12.1 Å². The second kappa shape index (κ2) is 15.5. The van der Waals surface area contributed by atoms with Crippen LogP contribution in [0, 0.1) is 17.8 Å². The van der Waals surface area contributed by atoms with Gasteiger partial charge in [0.15, 0.2) is 0 Å². The molecule has 2 aliphatic carbocycles. The predicted molar refractivity (Wildman–Crippen MR) is 178 cm³/mol. The summed E-state index contributed by atoms with van der Waals surface area (Å²) < 4.78 is 29.7. The monoisotopic (exact) mass is 765 g/mol. The summed E-state index contributed by atoms with van der Waals surface area (Å²) in [6, 6.07) is 0. The number of aliphatic carboxylic acids is 1. The zero-order chi connectivity index (χ0) is 33.7. The molecule has 0 saturated carbocycles. The maximum Gasteiger partial charge on any atom is 0.508 e. The van der Waals surface area contributed by atoms with Crippen LogP contribution in [0.25, 0.3) is 0 Å². The first-order valence-electron chi connectivity index (χ1n) is 16.3. The van der Waals surface area contributed by atoms with Gasteiger partial charge in [-0.15, -0.1) is 5.10 Å². The van der Waals surface area contributed by atoms with Gasteiger partial charge in [-0.05, 0) is 82.1 Å². The summed E-state index contributed by atoms with van der Waals surface area (Å²) in [6.07, 6.45) is 11.3. The zero-order valence-electron chi connectivity index (χ0n) is 27.0. The lowest BCUT2D eigenvalue weighted by Gasteiger charge is -2.27. The highest BCUT2D eigenvalue weighted by atomic mass is 127. The van der Waals surface area contributed by atoms with Crippen LogP contribution in [0.1, 0.15) is 77.3 Å². The lowest BCUT2D eigenvalue weighted by atomic mass is 9.82. The molecule has 4 aliphatic rings. The van der Waals surface area contributed by atoms with Gasteiger partial charge in [-0.25, -0.2) is 19.1 Å². The van der Waals surface area contributed by atoms with Crippen molar-refractivity contribution in [2.24, 2.45) is 17.8 Å². The van der Waals surface area contributed by atoms with Crippen molar-refractivity contribution in [2.75, 3.05) is 6.61 Å². The number of carbonyl (C=O) groups excluding carboxylic acids is 2. The van der Waals surface area contributed by atoms with Gasteiger partial charge in [0, 0.05) is 17.1 Å². The number of aromatic nitrogens is 3. The summed E-state index contributed by atoms with van der Waals surface area (Å²) in [5, 5.41) is 17.9. The van der Waals surface area contributed by atoms with Gasteiger partial charge in [0.1, 0.15) is 54.1 Å². The van der Waals surface area contributed by atoms with Gasteiger partial charge in [-0.3, -0.25) is 0 Å². The molecule has 0 radical (unpaired) electrons. The molecule has 12 nitrogen and oxygen atoms in total. The number of fused-ring (bicyclic) bond motifs is 3. The van der Waals surface area contributed by atoms with E-state index in [1.807, 2.05) is 23.0 Å². The Morgan fingerprint density at radius 3 is 2.66 bits per heavy atom. The number of nitrogens with zero attached hydrogens (tertiary/aromatic N) is 3. The van der Waals surface area contributed by atoms with E-state index in [-0.39, 0.29) is 66.4 Å². The molecule has 7 atom stereocenters. The molecule has 2 fully saturated rings. The van der Waals surface area contributed by atoms with Gasteiger partial charge in [-0.2, -0.15) is 0 Å². The third kappa shape index (κ3) is 8.91. The molecule has 1 aromatic heterocycles. The Labute approximate surface area is 289 Å². The maximum atomic E-state index is 12.5. The number of ether oxygens (including phenoxy) is 4. The SMILES string of the molecule is C=C(C(=O)O)[C@@H]1CC/C(COC(=O)OCc2cn(C/C3=C/CC[C@@]4(C)O[C@H]4[C@H]4OC(=O)C(=C)[C@@H]4CC3)nn2)=C\CC[C@H](C)[C@@H](OI)C1. The molecular weight excluding hydrogens is 721 g/mol. The van der Waals surface area contributed by atoms with Crippen molar-refractivity contribution >= 4 is 41.1 Å². The molecule has 0 unspecified atom stereocenters. The number of halogens is 1. The summed E-state index contributed by atoms with van der Waals surface area (Å²) in [5.41, 5.74) is 2.95. The molecule has 1 N–H and O–H groups in total. The van der Waals surface area contributed by atoms with Crippen LogP contribution >= 0.6 is 23.0 Å². The summed E-state index contributed by atoms with van der Waals surface area (Å²) in [7, 11) is 0. The van der Waals surface area contributed by atoms with E-state index in [0.717, 1.165) is 49.7 Å². The minimum atomic E-state index is -1.01. The fourth-order valence-corrected chi connectivity index (χ4v) is 7.56. The molecule has 13 heteroatoms. The molecule has 2 saturated heterocycles. The Bertz CT molecular complexity index is 1440. The predicted octanol–water partition coefficient (Wildman–Crippen LogP) is 6.21. The van der Waals surface area contributed by atoms with E-state index in [4.69, 9.17) is 22.0 Å². The molecule has 0 bridgehead atoms. The van der Waals surface area contributed by atoms with E-state index in [1.54, 1.807) is 10.9 Å². The lowest BCUT2D eigenvalue weighted by molar-refractivity contribution is -0.140. The molecule has 3 heterocycles. The van der Waals surface area contributed by atoms with E-state index in [2.05, 4.69) is 49.5 Å². The van der Waals surface area contributed by atoms with Crippen LogP contribution in [0.2, 0.25) is 0 Å². The molecule has 1 aromatic rings. The van der Waals surface area contributed by atoms with Crippen molar-refractivity contribution < 1.29 is 41.5 Å². The Hall–Kier alpha value is -3.04. The van der Waals surface area contributed by atoms with Gasteiger partial charge in [0.05, 0.1) is 24.4 Å². The average molecular weight is 766 g/mol. The van der Waals surface area contributed by atoms with Crippen LogP contribution in [-0.4, -0.2) is 68.7 Å². The Balaban J connectivity index is 1.11. The average Bonchev–Trinajstić information content (AvgIpc) is 3.35. The van der Waals surface area contributed by atoms with Crippen molar-refractivity contribution in [2.45, 2.75) is 109 Å². The lowest BCUT2D eigenvalue weighted by Crippen LogP contribution is -2.29. The number of carboxylic acid groups (broad SMARTS) is 1.